The van der Waals surface area contributed by atoms with Crippen molar-refractivity contribution in [1.29, 1.82) is 5.26 Å². The first-order chi connectivity index (χ1) is 12.9. The molecule has 0 fully saturated rings. The molecule has 4 rings (SSSR count). The third kappa shape index (κ3) is 3.29. The van der Waals surface area contributed by atoms with Crippen molar-refractivity contribution < 1.29 is 9.32 Å². The lowest BCUT2D eigenvalue weighted by Crippen LogP contribution is -2.26. The molecule has 1 amide bonds. The highest BCUT2D eigenvalue weighted by molar-refractivity contribution is 7.16. The topological polar surface area (TPSA) is 78.9 Å². The fraction of sp³-hybridized carbons (Fsp3) is 0.571. The molecule has 0 unspecified atom stereocenters. The van der Waals surface area contributed by atoms with E-state index >= 15 is 0 Å². The van der Waals surface area contributed by atoms with Crippen molar-refractivity contribution in [2.75, 3.05) is 5.32 Å². The van der Waals surface area contributed by atoms with Gasteiger partial charge in [-0.3, -0.25) is 4.79 Å². The Hall–Kier alpha value is -2.13. The van der Waals surface area contributed by atoms with Gasteiger partial charge < -0.3 is 9.84 Å². The number of carbonyl (C=O) groups is 1. The van der Waals surface area contributed by atoms with Crippen LogP contribution < -0.4 is 5.32 Å². The highest BCUT2D eigenvalue weighted by atomic mass is 32.1. The van der Waals surface area contributed by atoms with Crippen LogP contribution in [0.5, 0.6) is 0 Å². The first-order valence-electron chi connectivity index (χ1n) is 9.72. The van der Waals surface area contributed by atoms with Crippen molar-refractivity contribution in [3.8, 4) is 6.07 Å². The van der Waals surface area contributed by atoms with Crippen LogP contribution in [0.4, 0.5) is 5.00 Å². The highest BCUT2D eigenvalue weighted by Crippen LogP contribution is 2.44. The number of anilines is 1. The summed E-state index contributed by atoms with van der Waals surface area (Å²) < 4.78 is 5.36. The monoisotopic (exact) mass is 383 g/mol. The molecule has 2 aromatic heterocycles. The van der Waals surface area contributed by atoms with Crippen molar-refractivity contribution in [2.45, 2.75) is 65.7 Å². The number of nitrogens with one attached hydrogen (secondary N) is 1. The fourth-order valence-electron chi connectivity index (χ4n) is 4.26. The predicted octanol–water partition coefficient (Wildman–Crippen LogP) is 4.89. The van der Waals surface area contributed by atoms with Crippen LogP contribution in [0.2, 0.25) is 0 Å². The number of amides is 1. The number of nitrogens with zero attached hydrogens (tertiary/aromatic N) is 2. The quantitative estimate of drug-likeness (QED) is 0.801. The van der Waals surface area contributed by atoms with Gasteiger partial charge in [0.2, 0.25) is 0 Å². The minimum atomic E-state index is -0.260. The Bertz CT molecular complexity index is 927. The molecule has 0 radical (unpaired) electrons. The molecule has 0 saturated carbocycles. The van der Waals surface area contributed by atoms with Crippen LogP contribution in [-0.2, 0) is 25.7 Å². The Labute approximate surface area is 163 Å². The van der Waals surface area contributed by atoms with Crippen LogP contribution in [0.3, 0.4) is 0 Å². The lowest BCUT2D eigenvalue weighted by molar-refractivity contribution is 0.101. The van der Waals surface area contributed by atoms with E-state index in [0.717, 1.165) is 61.8 Å². The molecule has 2 aliphatic carbocycles. The van der Waals surface area contributed by atoms with Crippen LogP contribution >= 0.6 is 11.3 Å². The van der Waals surface area contributed by atoms with Gasteiger partial charge in [0.15, 0.2) is 5.69 Å². The molecule has 0 aliphatic heterocycles. The molecule has 2 aliphatic rings. The summed E-state index contributed by atoms with van der Waals surface area (Å²) >= 11 is 1.56. The van der Waals surface area contributed by atoms with Gasteiger partial charge in [-0.2, -0.15) is 5.26 Å². The summed E-state index contributed by atoms with van der Waals surface area (Å²) in [6.45, 7) is 6.83. The molecule has 0 spiro atoms. The fourth-order valence-corrected chi connectivity index (χ4v) is 5.53. The van der Waals surface area contributed by atoms with Gasteiger partial charge >= 0.3 is 0 Å². The van der Waals surface area contributed by atoms with Crippen molar-refractivity contribution in [3.63, 3.8) is 0 Å². The van der Waals surface area contributed by atoms with Crippen LogP contribution in [0, 0.1) is 22.7 Å². The molecule has 2 heterocycles. The summed E-state index contributed by atoms with van der Waals surface area (Å²) in [6, 6.07) is 2.32. The first-order valence-corrected chi connectivity index (χ1v) is 10.5. The molecule has 27 heavy (non-hydrogen) atoms. The predicted molar refractivity (Wildman–Crippen MR) is 105 cm³/mol. The average Bonchev–Trinajstić information content (AvgIpc) is 3.21. The molecule has 2 aromatic rings. The van der Waals surface area contributed by atoms with Crippen LogP contribution in [0.15, 0.2) is 4.52 Å². The summed E-state index contributed by atoms with van der Waals surface area (Å²) in [5, 5.41) is 17.3. The zero-order valence-electron chi connectivity index (χ0n) is 16.1. The second kappa shape index (κ2) is 6.79. The van der Waals surface area contributed by atoms with Gasteiger partial charge in [0.1, 0.15) is 16.8 Å². The lowest BCUT2D eigenvalue weighted by atomic mass is 9.72. The maximum absolute atomic E-state index is 12.8. The number of fused-ring (bicyclic) bond motifs is 2. The maximum atomic E-state index is 12.8. The van der Waals surface area contributed by atoms with E-state index in [4.69, 9.17) is 4.52 Å². The Morgan fingerprint density at radius 3 is 2.78 bits per heavy atom. The molecule has 0 bridgehead atoms. The Kier molecular flexibility index (Phi) is 4.59. The van der Waals surface area contributed by atoms with Crippen LogP contribution in [0.25, 0.3) is 0 Å². The Morgan fingerprint density at radius 2 is 2.04 bits per heavy atom. The molecular weight excluding hydrogens is 358 g/mol. The Morgan fingerprint density at radius 1 is 1.26 bits per heavy atom. The molecule has 1 atom stereocenters. The summed E-state index contributed by atoms with van der Waals surface area (Å²) in [5.74, 6) is 1.18. The minimum Gasteiger partial charge on any atom is -0.360 e. The van der Waals surface area contributed by atoms with Crippen molar-refractivity contribution in [1.82, 2.24) is 5.16 Å². The zero-order valence-corrected chi connectivity index (χ0v) is 17.0. The summed E-state index contributed by atoms with van der Waals surface area (Å²) in [5.41, 5.74) is 3.32. The minimum absolute atomic E-state index is 0.248. The van der Waals surface area contributed by atoms with Gasteiger partial charge in [0, 0.05) is 16.9 Å². The second-order valence-electron chi connectivity index (χ2n) is 8.72. The molecule has 6 heteroatoms. The van der Waals surface area contributed by atoms with Gasteiger partial charge in [-0.1, -0.05) is 25.9 Å². The maximum Gasteiger partial charge on any atom is 0.278 e. The van der Waals surface area contributed by atoms with Crippen LogP contribution in [-0.4, -0.2) is 11.1 Å². The van der Waals surface area contributed by atoms with E-state index in [9.17, 15) is 10.1 Å². The smallest absolute Gasteiger partial charge is 0.278 e. The number of thiophene rings is 1. The first kappa shape index (κ1) is 18.2. The van der Waals surface area contributed by atoms with E-state index in [1.807, 2.05) is 0 Å². The molecule has 0 saturated heterocycles. The average molecular weight is 384 g/mol. The summed E-state index contributed by atoms with van der Waals surface area (Å²) in [6.07, 6.45) is 6.79. The highest BCUT2D eigenvalue weighted by Gasteiger charge is 2.33. The van der Waals surface area contributed by atoms with E-state index in [1.165, 1.54) is 4.88 Å². The second-order valence-corrected chi connectivity index (χ2v) is 9.82. The SMILES string of the molecule is CC(C)(C)[C@H]1CCc2c(sc(NC(=O)c3noc4c3CCCC4)c2C#N)C1. The lowest BCUT2D eigenvalue weighted by Gasteiger charge is -2.33. The Balaban J connectivity index is 1.60. The van der Waals surface area contributed by atoms with E-state index in [-0.39, 0.29) is 11.3 Å². The summed E-state index contributed by atoms with van der Waals surface area (Å²) in [4.78, 5) is 14.1. The number of nitriles is 1. The van der Waals surface area contributed by atoms with Gasteiger partial charge in [-0.15, -0.1) is 11.3 Å². The number of hydrogen-bond donors (Lipinski definition) is 1. The van der Waals surface area contributed by atoms with E-state index in [2.05, 4.69) is 37.3 Å². The van der Waals surface area contributed by atoms with Crippen molar-refractivity contribution in [2.24, 2.45) is 11.3 Å². The largest absolute Gasteiger partial charge is 0.360 e. The standard InChI is InChI=1S/C21H25N3O2S/c1-21(2,3)12-8-9-13-15(11-22)20(27-17(13)10-12)23-19(25)18-14-6-4-5-7-16(14)26-24-18/h12H,4-10H2,1-3H3,(H,23,25)/t12-/m0/s1. The number of hydrogen-bond acceptors (Lipinski definition) is 5. The molecule has 1 N–H and O–H groups in total. The molecular formula is C21H25N3O2S. The normalized spacial score (nSPS) is 19.1. The zero-order chi connectivity index (χ0) is 19.2. The number of aromatic nitrogens is 1. The third-order valence-electron chi connectivity index (χ3n) is 5.99. The van der Waals surface area contributed by atoms with E-state index in [0.29, 0.717) is 22.2 Å². The number of carbonyl (C=O) groups excluding carboxylic acids is 1. The van der Waals surface area contributed by atoms with Gasteiger partial charge in [0.05, 0.1) is 5.56 Å². The summed E-state index contributed by atoms with van der Waals surface area (Å²) in [7, 11) is 0. The molecule has 0 aromatic carbocycles. The van der Waals surface area contributed by atoms with Crippen LogP contribution in [0.1, 0.15) is 77.8 Å². The number of aryl methyl sites for hydroxylation is 1. The van der Waals surface area contributed by atoms with Gasteiger partial charge in [-0.25, -0.2) is 0 Å². The molecule has 5 nitrogen and oxygen atoms in total. The van der Waals surface area contributed by atoms with Gasteiger partial charge in [-0.05, 0) is 55.4 Å². The van der Waals surface area contributed by atoms with Gasteiger partial charge in [0.25, 0.3) is 5.91 Å². The molecule has 142 valence electrons. The van der Waals surface area contributed by atoms with E-state index < -0.39 is 0 Å². The van der Waals surface area contributed by atoms with Crippen molar-refractivity contribution >= 4 is 22.2 Å². The van der Waals surface area contributed by atoms with Crippen molar-refractivity contribution in [3.05, 3.63) is 33.0 Å². The number of rotatable bonds is 2. The third-order valence-corrected chi connectivity index (χ3v) is 7.16. The van der Waals surface area contributed by atoms with E-state index in [1.54, 1.807) is 11.3 Å².